The minimum atomic E-state index is -3.63. The quantitative estimate of drug-likeness (QED) is 0.200. The van der Waals surface area contributed by atoms with Gasteiger partial charge in [0.25, 0.3) is 0 Å². The zero-order chi connectivity index (χ0) is 44.5. The van der Waals surface area contributed by atoms with Crippen LogP contribution < -0.4 is 0 Å². The van der Waals surface area contributed by atoms with Crippen LogP contribution in [0.15, 0.2) is 145 Å². The molecule has 0 saturated heterocycles. The van der Waals surface area contributed by atoms with Gasteiger partial charge in [0.05, 0.1) is 24.7 Å². The predicted molar refractivity (Wildman–Crippen MR) is 188 cm³/mol. The number of aromatic nitrogens is 4. The molecular formula is C42H30N4. The van der Waals surface area contributed by atoms with Crippen LogP contribution in [-0.2, 0) is 5.41 Å². The molecule has 0 atom stereocenters. The third kappa shape index (κ3) is 3.97. The van der Waals surface area contributed by atoms with Gasteiger partial charge in [-0.2, -0.15) is 9.97 Å². The van der Waals surface area contributed by atoms with Crippen LogP contribution in [0.5, 0.6) is 0 Å². The molecule has 6 aromatic carbocycles. The number of hydrogen-bond acceptors (Lipinski definition) is 3. The van der Waals surface area contributed by atoms with Crippen LogP contribution in [0, 0.1) is 0 Å². The van der Waals surface area contributed by atoms with Gasteiger partial charge in [-0.15, -0.1) is 0 Å². The van der Waals surface area contributed by atoms with Gasteiger partial charge in [-0.1, -0.05) is 141 Å². The molecule has 0 fully saturated rings. The lowest BCUT2D eigenvalue weighted by Gasteiger charge is -2.21. The van der Waals surface area contributed by atoms with Crippen molar-refractivity contribution in [1.82, 2.24) is 19.5 Å². The number of benzene rings is 6. The molecule has 0 amide bonds. The maximum Gasteiger partial charge on any atom is 0.238 e. The summed E-state index contributed by atoms with van der Waals surface area (Å²) in [5.74, 6) is -0.0823. The van der Waals surface area contributed by atoms with Crippen LogP contribution in [0.25, 0.3) is 72.8 Å². The molecule has 0 spiro atoms. The Labute approximate surface area is 290 Å². The number of rotatable bonds is 4. The molecule has 2 heterocycles. The second kappa shape index (κ2) is 10.1. The van der Waals surface area contributed by atoms with E-state index in [0.717, 1.165) is 15.7 Å². The first kappa shape index (κ1) is 14.9. The van der Waals surface area contributed by atoms with Crippen molar-refractivity contribution in [2.45, 2.75) is 19.1 Å². The molecular weight excluding hydrogens is 560 g/mol. The summed E-state index contributed by atoms with van der Waals surface area (Å²) < 4.78 is 145. The Balaban J connectivity index is 1.52. The fraction of sp³-hybridized carbons (Fsp3) is 0.0714. The van der Waals surface area contributed by atoms with Crippen molar-refractivity contribution < 1.29 is 21.9 Å². The van der Waals surface area contributed by atoms with E-state index in [0.29, 0.717) is 11.1 Å². The van der Waals surface area contributed by atoms with Gasteiger partial charge in [0.1, 0.15) is 0 Å². The predicted octanol–water partition coefficient (Wildman–Crippen LogP) is 10.3. The summed E-state index contributed by atoms with van der Waals surface area (Å²) in [7, 11) is 0. The SMILES string of the molecule is [2H]c1c([2H])c([2H])c2c(c1[2H])-c1c(c([2H])c([2H])c3c1c1c([2H])c([2H])c([2H])c([2H])c1n3-c1nc(-c3ccccc3)nc(-c3cccc(-c4ccccc4)c3)n1)C2(C([2H])([2H])[2H])C([2H])([2H])[2H]. The van der Waals surface area contributed by atoms with E-state index in [1.807, 2.05) is 42.5 Å². The van der Waals surface area contributed by atoms with Gasteiger partial charge in [-0.05, 0) is 51.5 Å². The topological polar surface area (TPSA) is 43.6 Å². The molecule has 9 rings (SSSR count). The molecule has 0 radical (unpaired) electrons. The summed E-state index contributed by atoms with van der Waals surface area (Å²) in [6.07, 6.45) is 0. The molecule has 0 saturated carbocycles. The number of para-hydroxylation sites is 1. The molecule has 4 heteroatoms. The molecule has 0 N–H and O–H groups in total. The highest BCUT2D eigenvalue weighted by atomic mass is 15.2. The van der Waals surface area contributed by atoms with Gasteiger partial charge < -0.3 is 0 Å². The Morgan fingerprint density at radius 3 is 2.07 bits per heavy atom. The summed E-state index contributed by atoms with van der Waals surface area (Å²) in [6, 6.07) is 17.4. The van der Waals surface area contributed by atoms with Crippen LogP contribution in [0.4, 0.5) is 0 Å². The zero-order valence-corrected chi connectivity index (χ0v) is 23.9. The highest BCUT2D eigenvalue weighted by Crippen LogP contribution is 2.53. The maximum atomic E-state index is 9.64. The monoisotopic (exact) mass is 606 g/mol. The van der Waals surface area contributed by atoms with Crippen molar-refractivity contribution in [3.05, 3.63) is 156 Å². The lowest BCUT2D eigenvalue weighted by Crippen LogP contribution is -2.14. The number of hydrogen-bond donors (Lipinski definition) is 0. The largest absolute Gasteiger partial charge is 0.278 e. The smallest absolute Gasteiger partial charge is 0.238 e. The van der Waals surface area contributed by atoms with E-state index < -0.39 is 102 Å². The van der Waals surface area contributed by atoms with E-state index in [-0.39, 0.29) is 39.4 Å². The van der Waals surface area contributed by atoms with E-state index in [2.05, 4.69) is 0 Å². The first-order valence-corrected chi connectivity index (χ1v) is 14.4. The summed E-state index contributed by atoms with van der Waals surface area (Å²) in [5.41, 5.74) is -3.99. The highest BCUT2D eigenvalue weighted by molar-refractivity contribution is 6.17. The van der Waals surface area contributed by atoms with E-state index in [1.165, 1.54) is 0 Å². The molecule has 0 bridgehead atoms. The number of nitrogens with zero attached hydrogens (tertiary/aromatic N) is 4. The molecule has 1 aliphatic rings. The molecule has 8 aromatic rings. The summed E-state index contributed by atoms with van der Waals surface area (Å²) >= 11 is 0. The summed E-state index contributed by atoms with van der Waals surface area (Å²) in [5, 5.41) is -0.700. The third-order valence-electron chi connectivity index (χ3n) is 8.18. The van der Waals surface area contributed by atoms with Crippen LogP contribution in [0.3, 0.4) is 0 Å². The van der Waals surface area contributed by atoms with Gasteiger partial charge in [0, 0.05) is 35.5 Å². The standard InChI is InChI=1S/C42H30N4/c1-42(2)33-22-11-9-20-31(33)37-34(42)24-25-36-38(37)32-21-10-12-23-35(32)46(36)41-44-39(28-16-7-4-8-17-28)43-40(45-41)30-19-13-18-29(26-30)27-14-5-3-6-15-27/h3-26H,1-2H3/i1D3,2D3,9D,10D,11D,12D,20D,21D,22D,23D,24D,25D. The van der Waals surface area contributed by atoms with E-state index in [4.69, 9.17) is 31.4 Å². The molecule has 2 aromatic heterocycles. The fourth-order valence-electron chi connectivity index (χ4n) is 6.08. The minimum Gasteiger partial charge on any atom is -0.278 e. The Bertz CT molecular complexity index is 3200. The lowest BCUT2D eigenvalue weighted by atomic mass is 9.82. The zero-order valence-electron chi connectivity index (χ0n) is 39.9. The molecule has 4 nitrogen and oxygen atoms in total. The molecule has 1 aliphatic carbocycles. The van der Waals surface area contributed by atoms with Crippen LogP contribution >= 0.6 is 0 Å². The molecule has 46 heavy (non-hydrogen) atoms. The Morgan fingerprint density at radius 1 is 0.587 bits per heavy atom. The Hall–Kier alpha value is -5.87. The highest BCUT2D eigenvalue weighted by Gasteiger charge is 2.37. The number of fused-ring (bicyclic) bond motifs is 7. The Morgan fingerprint density at radius 2 is 1.26 bits per heavy atom. The summed E-state index contributed by atoms with van der Waals surface area (Å²) in [4.78, 5) is 14.4. The van der Waals surface area contributed by atoms with Crippen molar-refractivity contribution in [2.75, 3.05) is 0 Å². The minimum absolute atomic E-state index is 0.101. The molecule has 0 aliphatic heterocycles. The van der Waals surface area contributed by atoms with Crippen molar-refractivity contribution in [1.29, 1.82) is 0 Å². The van der Waals surface area contributed by atoms with Gasteiger partial charge in [0.15, 0.2) is 11.6 Å². The Kier molecular flexibility index (Phi) is 3.27. The van der Waals surface area contributed by atoms with Crippen LogP contribution in [0.2, 0.25) is 0 Å². The van der Waals surface area contributed by atoms with E-state index in [9.17, 15) is 5.48 Å². The first-order valence-electron chi connectivity index (χ1n) is 22.4. The average molecular weight is 607 g/mol. The van der Waals surface area contributed by atoms with Gasteiger partial charge >= 0.3 is 0 Å². The first-order chi connectivity index (χ1) is 29.2. The maximum absolute atomic E-state index is 9.64. The molecule has 218 valence electrons. The van der Waals surface area contributed by atoms with Gasteiger partial charge in [0.2, 0.25) is 5.95 Å². The van der Waals surface area contributed by atoms with Crippen molar-refractivity contribution in [2.24, 2.45) is 0 Å². The second-order valence-corrected chi connectivity index (χ2v) is 10.9. The fourth-order valence-corrected chi connectivity index (χ4v) is 6.08. The normalized spacial score (nSPS) is 18.7. The summed E-state index contributed by atoms with van der Waals surface area (Å²) in [6.45, 7) is -7.27. The lowest BCUT2D eigenvalue weighted by molar-refractivity contribution is 0.661. The third-order valence-corrected chi connectivity index (χ3v) is 8.18. The van der Waals surface area contributed by atoms with Crippen LogP contribution in [-0.4, -0.2) is 19.5 Å². The van der Waals surface area contributed by atoms with E-state index in [1.54, 1.807) is 42.5 Å². The average Bonchev–Trinajstić information content (AvgIpc) is 3.79. The van der Waals surface area contributed by atoms with Crippen molar-refractivity contribution in [3.8, 4) is 51.0 Å². The van der Waals surface area contributed by atoms with Crippen molar-refractivity contribution >= 4 is 21.8 Å². The van der Waals surface area contributed by atoms with Gasteiger partial charge in [-0.3, -0.25) is 4.57 Å². The van der Waals surface area contributed by atoms with Crippen LogP contribution in [0.1, 0.15) is 46.8 Å². The van der Waals surface area contributed by atoms with E-state index >= 15 is 0 Å². The van der Waals surface area contributed by atoms with Crippen molar-refractivity contribution in [3.63, 3.8) is 0 Å². The second-order valence-electron chi connectivity index (χ2n) is 10.9. The molecule has 0 unspecified atom stereocenters. The van der Waals surface area contributed by atoms with Gasteiger partial charge in [-0.25, -0.2) is 4.98 Å².